The first kappa shape index (κ1) is 11.6. The minimum Gasteiger partial charge on any atom is -0.456 e. The number of aliphatic hydroxyl groups excluding tert-OH is 1. The van der Waals surface area contributed by atoms with Crippen molar-refractivity contribution in [2.45, 2.75) is 63.6 Å². The van der Waals surface area contributed by atoms with E-state index in [1.54, 1.807) is 0 Å². The van der Waals surface area contributed by atoms with E-state index in [9.17, 15) is 9.90 Å². The summed E-state index contributed by atoms with van der Waals surface area (Å²) in [5, 5.41) is 9.72. The minimum absolute atomic E-state index is 0.203. The van der Waals surface area contributed by atoms with Crippen LogP contribution in [-0.4, -0.2) is 23.3 Å². The highest BCUT2D eigenvalue weighted by Crippen LogP contribution is 2.24. The lowest BCUT2D eigenvalue weighted by molar-refractivity contribution is -0.153. The summed E-state index contributed by atoms with van der Waals surface area (Å²) in [5.74, 6) is -0.203. The van der Waals surface area contributed by atoms with E-state index >= 15 is 0 Å². The Balaban J connectivity index is 1.88. The third-order valence-corrected chi connectivity index (χ3v) is 3.48. The van der Waals surface area contributed by atoms with Crippen molar-refractivity contribution in [3.8, 4) is 0 Å². The molecule has 0 aliphatic heterocycles. The van der Waals surface area contributed by atoms with Crippen LogP contribution in [0.4, 0.5) is 0 Å². The molecule has 2 rings (SSSR count). The Morgan fingerprint density at radius 1 is 1.25 bits per heavy atom. The van der Waals surface area contributed by atoms with Gasteiger partial charge in [-0.05, 0) is 44.9 Å². The van der Waals surface area contributed by atoms with Gasteiger partial charge >= 0.3 is 5.97 Å². The highest BCUT2D eigenvalue weighted by Gasteiger charge is 2.27. The van der Waals surface area contributed by atoms with Crippen LogP contribution >= 0.6 is 0 Å². The summed E-state index contributed by atoms with van der Waals surface area (Å²) in [6.45, 7) is 0. The van der Waals surface area contributed by atoms with Gasteiger partial charge in [0.1, 0.15) is 6.10 Å². The van der Waals surface area contributed by atoms with Gasteiger partial charge in [0, 0.05) is 5.57 Å². The number of carbonyl (C=O) groups is 1. The molecule has 2 aliphatic carbocycles. The zero-order valence-electron chi connectivity index (χ0n) is 9.65. The normalized spacial score (nSPS) is 30.7. The Kier molecular flexibility index (Phi) is 3.99. The van der Waals surface area contributed by atoms with E-state index < -0.39 is 6.10 Å². The summed E-state index contributed by atoms with van der Waals surface area (Å²) in [7, 11) is 0. The van der Waals surface area contributed by atoms with Gasteiger partial charge in [0.2, 0.25) is 0 Å². The number of carbonyl (C=O) groups excluding carboxylic acids is 1. The van der Waals surface area contributed by atoms with Gasteiger partial charge in [-0.2, -0.15) is 0 Å². The zero-order valence-corrected chi connectivity index (χ0v) is 9.65. The average Bonchev–Trinajstić information content (AvgIpc) is 2.33. The number of hydrogen-bond acceptors (Lipinski definition) is 3. The topological polar surface area (TPSA) is 46.5 Å². The van der Waals surface area contributed by atoms with Crippen LogP contribution in [0, 0.1) is 0 Å². The lowest BCUT2D eigenvalue weighted by atomic mass is 9.94. The lowest BCUT2D eigenvalue weighted by Gasteiger charge is -2.27. The van der Waals surface area contributed by atoms with Crippen LogP contribution in [0.2, 0.25) is 0 Å². The molecule has 16 heavy (non-hydrogen) atoms. The Morgan fingerprint density at radius 3 is 2.75 bits per heavy atom. The lowest BCUT2D eigenvalue weighted by Crippen LogP contribution is -2.34. The summed E-state index contributed by atoms with van der Waals surface area (Å²) in [5.41, 5.74) is 0.809. The maximum Gasteiger partial charge on any atom is 0.334 e. The first-order valence-corrected chi connectivity index (χ1v) is 6.35. The van der Waals surface area contributed by atoms with E-state index in [4.69, 9.17) is 4.74 Å². The molecule has 0 heterocycles. The Labute approximate surface area is 96.5 Å². The molecule has 1 fully saturated rings. The molecular weight excluding hydrogens is 204 g/mol. The van der Waals surface area contributed by atoms with Gasteiger partial charge in [-0.1, -0.05) is 12.5 Å². The molecule has 0 radical (unpaired) electrons. The Morgan fingerprint density at radius 2 is 2.06 bits per heavy atom. The van der Waals surface area contributed by atoms with Gasteiger partial charge in [0.15, 0.2) is 0 Å². The van der Waals surface area contributed by atoms with Crippen LogP contribution in [0.15, 0.2) is 11.6 Å². The van der Waals surface area contributed by atoms with Gasteiger partial charge in [0.25, 0.3) is 0 Å². The predicted octanol–water partition coefficient (Wildman–Crippen LogP) is 2.33. The number of aliphatic hydroxyl groups is 1. The molecule has 3 heteroatoms. The van der Waals surface area contributed by atoms with Gasteiger partial charge in [-0.25, -0.2) is 4.79 Å². The summed E-state index contributed by atoms with van der Waals surface area (Å²) >= 11 is 0. The molecular formula is C13H20O3. The van der Waals surface area contributed by atoms with Gasteiger partial charge < -0.3 is 9.84 Å². The number of ether oxygens (including phenoxy) is 1. The highest BCUT2D eigenvalue weighted by atomic mass is 16.6. The Hall–Kier alpha value is -0.830. The molecule has 0 unspecified atom stereocenters. The maximum atomic E-state index is 11.8. The average molecular weight is 224 g/mol. The molecule has 0 spiro atoms. The molecule has 0 bridgehead atoms. The highest BCUT2D eigenvalue weighted by molar-refractivity contribution is 5.88. The number of esters is 1. The summed E-state index contributed by atoms with van der Waals surface area (Å²) in [6, 6.07) is 0. The van der Waals surface area contributed by atoms with Crippen LogP contribution in [0.1, 0.15) is 51.4 Å². The number of allylic oxidation sites excluding steroid dienone is 1. The van der Waals surface area contributed by atoms with E-state index in [1.165, 1.54) is 6.42 Å². The quantitative estimate of drug-likeness (QED) is 0.732. The minimum atomic E-state index is -0.457. The molecule has 1 N–H and O–H groups in total. The van der Waals surface area contributed by atoms with Gasteiger partial charge in [0.05, 0.1) is 6.10 Å². The first-order valence-electron chi connectivity index (χ1n) is 6.35. The second-order valence-electron chi connectivity index (χ2n) is 4.77. The van der Waals surface area contributed by atoms with E-state index in [1.807, 2.05) is 6.08 Å². The van der Waals surface area contributed by atoms with E-state index in [2.05, 4.69) is 0 Å². The van der Waals surface area contributed by atoms with E-state index in [0.29, 0.717) is 0 Å². The molecule has 0 amide bonds. The van der Waals surface area contributed by atoms with Crippen molar-refractivity contribution in [2.24, 2.45) is 0 Å². The molecule has 2 atom stereocenters. The monoisotopic (exact) mass is 224 g/mol. The van der Waals surface area contributed by atoms with Crippen molar-refractivity contribution in [3.05, 3.63) is 11.6 Å². The van der Waals surface area contributed by atoms with Crippen LogP contribution < -0.4 is 0 Å². The van der Waals surface area contributed by atoms with Crippen LogP contribution in [-0.2, 0) is 9.53 Å². The van der Waals surface area contributed by atoms with Crippen molar-refractivity contribution in [1.29, 1.82) is 0 Å². The third-order valence-electron chi connectivity index (χ3n) is 3.48. The van der Waals surface area contributed by atoms with E-state index in [0.717, 1.165) is 50.5 Å². The van der Waals surface area contributed by atoms with Crippen molar-refractivity contribution in [1.82, 2.24) is 0 Å². The van der Waals surface area contributed by atoms with Crippen LogP contribution in [0.25, 0.3) is 0 Å². The molecule has 0 aromatic heterocycles. The number of rotatable bonds is 2. The van der Waals surface area contributed by atoms with Gasteiger partial charge in [-0.3, -0.25) is 0 Å². The standard InChI is InChI=1S/C13H20O3/c14-11-8-4-5-9-12(11)16-13(15)10-6-2-1-3-7-10/h6,11-12,14H,1-5,7-9H2/t11-,12-/m1/s1. The van der Waals surface area contributed by atoms with Crippen LogP contribution in [0.5, 0.6) is 0 Å². The van der Waals surface area contributed by atoms with Crippen molar-refractivity contribution in [2.75, 3.05) is 0 Å². The summed E-state index contributed by atoms with van der Waals surface area (Å²) in [6.07, 6.45) is 8.98. The summed E-state index contributed by atoms with van der Waals surface area (Å²) in [4.78, 5) is 11.8. The second-order valence-corrected chi connectivity index (χ2v) is 4.77. The fraction of sp³-hybridized carbons (Fsp3) is 0.769. The first-order chi connectivity index (χ1) is 7.77. The molecule has 0 saturated heterocycles. The fourth-order valence-electron chi connectivity index (χ4n) is 2.45. The number of hydrogen-bond donors (Lipinski definition) is 1. The maximum absolute atomic E-state index is 11.8. The van der Waals surface area contributed by atoms with Crippen LogP contribution in [0.3, 0.4) is 0 Å². The predicted molar refractivity (Wildman–Crippen MR) is 60.9 cm³/mol. The molecule has 0 aromatic rings. The second kappa shape index (κ2) is 5.48. The zero-order chi connectivity index (χ0) is 11.4. The van der Waals surface area contributed by atoms with Crippen molar-refractivity contribution in [3.63, 3.8) is 0 Å². The smallest absolute Gasteiger partial charge is 0.334 e. The molecule has 90 valence electrons. The molecule has 1 saturated carbocycles. The molecule has 0 aromatic carbocycles. The molecule has 3 nitrogen and oxygen atoms in total. The fourth-order valence-corrected chi connectivity index (χ4v) is 2.45. The summed E-state index contributed by atoms with van der Waals surface area (Å²) < 4.78 is 5.39. The largest absolute Gasteiger partial charge is 0.456 e. The third kappa shape index (κ3) is 2.85. The Bertz CT molecular complexity index is 283. The van der Waals surface area contributed by atoms with Crippen molar-refractivity contribution >= 4 is 5.97 Å². The molecule has 2 aliphatic rings. The van der Waals surface area contributed by atoms with Gasteiger partial charge in [-0.15, -0.1) is 0 Å². The van der Waals surface area contributed by atoms with Crippen molar-refractivity contribution < 1.29 is 14.6 Å². The van der Waals surface area contributed by atoms with E-state index in [-0.39, 0.29) is 12.1 Å². The SMILES string of the molecule is O=C(O[C@@H]1CCCC[C@H]1O)C1=CCCCC1.